The molecule has 0 spiro atoms. The van der Waals surface area contributed by atoms with Crippen molar-refractivity contribution in [3.63, 3.8) is 0 Å². The molecule has 1 atom stereocenters. The zero-order chi connectivity index (χ0) is 28.9. The first kappa shape index (κ1) is 29.0. The van der Waals surface area contributed by atoms with Gasteiger partial charge in [0.15, 0.2) is 0 Å². The Morgan fingerprint density at radius 1 is 1.20 bits per heavy atom. The van der Waals surface area contributed by atoms with Gasteiger partial charge in [0, 0.05) is 38.3 Å². The van der Waals surface area contributed by atoms with Gasteiger partial charge in [-0.1, -0.05) is 23.7 Å². The van der Waals surface area contributed by atoms with E-state index in [1.807, 2.05) is 41.5 Å². The lowest BCUT2D eigenvalue weighted by Gasteiger charge is -2.40. The maximum Gasteiger partial charge on any atom is 0.324 e. The van der Waals surface area contributed by atoms with Gasteiger partial charge in [-0.25, -0.2) is 14.8 Å². The van der Waals surface area contributed by atoms with Crippen LogP contribution in [-0.4, -0.2) is 68.4 Å². The number of imidazole rings is 1. The Morgan fingerprint density at radius 3 is 2.68 bits per heavy atom. The molecule has 9 nitrogen and oxygen atoms in total. The van der Waals surface area contributed by atoms with Crippen LogP contribution in [0.3, 0.4) is 0 Å². The number of nitrogens with one attached hydrogen (secondary N) is 3. The van der Waals surface area contributed by atoms with Gasteiger partial charge in [-0.15, -0.1) is 0 Å². The second-order valence-corrected chi connectivity index (χ2v) is 11.8. The number of nitrogens with zero attached hydrogens (tertiary/aromatic N) is 4. The lowest BCUT2D eigenvalue weighted by molar-refractivity contribution is 0.0918. The van der Waals surface area contributed by atoms with Gasteiger partial charge in [0.2, 0.25) is 5.95 Å². The number of fused-ring (bicyclic) bond motifs is 1. The highest BCUT2D eigenvalue weighted by molar-refractivity contribution is 7.07. The highest BCUT2D eigenvalue weighted by atomic mass is 35.5. The molecule has 5 rings (SSSR count). The number of halogens is 1. The van der Waals surface area contributed by atoms with Crippen LogP contribution in [0.1, 0.15) is 53.4 Å². The molecule has 0 saturated carbocycles. The van der Waals surface area contributed by atoms with Crippen molar-refractivity contribution in [1.82, 2.24) is 30.1 Å². The number of urea groups is 1. The first-order valence-corrected chi connectivity index (χ1v) is 15.3. The summed E-state index contributed by atoms with van der Waals surface area (Å²) in [7, 11) is 0. The number of carbonyl (C=O) groups excluding carboxylic acids is 2. The summed E-state index contributed by atoms with van der Waals surface area (Å²) in [5.74, 6) is 0.342. The van der Waals surface area contributed by atoms with E-state index in [9.17, 15) is 9.59 Å². The summed E-state index contributed by atoms with van der Waals surface area (Å²) in [5.41, 5.74) is 4.89. The van der Waals surface area contributed by atoms with Crippen LogP contribution in [0, 0.1) is 13.8 Å². The summed E-state index contributed by atoms with van der Waals surface area (Å²) in [6.45, 7) is 8.78. The van der Waals surface area contributed by atoms with E-state index in [2.05, 4.69) is 48.9 Å². The van der Waals surface area contributed by atoms with Crippen LogP contribution in [0.15, 0.2) is 47.2 Å². The van der Waals surface area contributed by atoms with E-state index in [1.54, 1.807) is 24.3 Å². The standard InChI is InChI=1S/C30H36ClN7O2S/c1-19-16-26(31)33-21(3)27(19)28(39)32-12-8-20(2)37-13-9-23(10-14-37)38(17-22-11-15-41-18-22)30(40)36-29-34-24-6-4-5-7-25(24)35-29/h4-7,11,15-16,18,20,23H,8-10,12-14,17H2,1-3H3,(H,32,39)(H2,34,35,36,40)/t20-/m1/s1. The number of aromatic nitrogens is 3. The van der Waals surface area contributed by atoms with Crippen molar-refractivity contribution in [2.45, 2.75) is 58.7 Å². The number of hydrogen-bond donors (Lipinski definition) is 3. The van der Waals surface area contributed by atoms with Crippen molar-refractivity contribution in [2.75, 3.05) is 25.0 Å². The Hall–Kier alpha value is -3.47. The second kappa shape index (κ2) is 13.0. The van der Waals surface area contributed by atoms with Crippen LogP contribution < -0.4 is 10.6 Å². The van der Waals surface area contributed by atoms with Gasteiger partial charge < -0.3 is 20.1 Å². The van der Waals surface area contributed by atoms with Crippen molar-refractivity contribution in [3.8, 4) is 0 Å². The average Bonchev–Trinajstić information content (AvgIpc) is 3.60. The minimum Gasteiger partial charge on any atom is -0.352 e. The van der Waals surface area contributed by atoms with E-state index >= 15 is 0 Å². The Labute approximate surface area is 249 Å². The van der Waals surface area contributed by atoms with E-state index in [-0.39, 0.29) is 18.0 Å². The van der Waals surface area contributed by atoms with Gasteiger partial charge in [-0.2, -0.15) is 11.3 Å². The number of benzene rings is 1. The van der Waals surface area contributed by atoms with E-state index in [1.165, 1.54) is 0 Å². The van der Waals surface area contributed by atoms with Gasteiger partial charge in [-0.3, -0.25) is 10.1 Å². The van der Waals surface area contributed by atoms with Gasteiger partial charge >= 0.3 is 6.03 Å². The zero-order valence-corrected chi connectivity index (χ0v) is 25.2. The average molecular weight is 594 g/mol. The number of aromatic amines is 1. The molecule has 0 bridgehead atoms. The number of anilines is 1. The Kier molecular flexibility index (Phi) is 9.22. The summed E-state index contributed by atoms with van der Waals surface area (Å²) in [4.78, 5) is 42.6. The van der Waals surface area contributed by atoms with Crippen LogP contribution in [0.5, 0.6) is 0 Å². The van der Waals surface area contributed by atoms with Gasteiger partial charge in [0.1, 0.15) is 5.15 Å². The molecule has 0 radical (unpaired) electrons. The molecular weight excluding hydrogens is 558 g/mol. The molecule has 3 aromatic heterocycles. The number of thiophene rings is 1. The van der Waals surface area contributed by atoms with Crippen LogP contribution >= 0.6 is 22.9 Å². The SMILES string of the molecule is Cc1cc(Cl)nc(C)c1C(=O)NCC[C@@H](C)N1CCC(N(Cc2ccsc2)C(=O)Nc2nc3ccccc3[nH]2)CC1. The molecule has 1 saturated heterocycles. The van der Waals surface area contributed by atoms with Gasteiger partial charge in [-0.05, 0) is 86.2 Å². The molecule has 216 valence electrons. The van der Waals surface area contributed by atoms with E-state index in [0.717, 1.165) is 54.5 Å². The predicted octanol–water partition coefficient (Wildman–Crippen LogP) is 6.00. The summed E-state index contributed by atoms with van der Waals surface area (Å²) in [6.07, 6.45) is 2.59. The maximum atomic E-state index is 13.5. The van der Waals surface area contributed by atoms with Crippen molar-refractivity contribution in [2.24, 2.45) is 0 Å². The smallest absolute Gasteiger partial charge is 0.324 e. The first-order valence-electron chi connectivity index (χ1n) is 14.0. The van der Waals surface area contributed by atoms with Crippen molar-refractivity contribution in [1.29, 1.82) is 0 Å². The minimum absolute atomic E-state index is 0.116. The molecule has 0 unspecified atom stereocenters. The monoisotopic (exact) mass is 593 g/mol. The molecule has 0 aliphatic carbocycles. The van der Waals surface area contributed by atoms with Crippen LogP contribution in [0.4, 0.5) is 10.7 Å². The van der Waals surface area contributed by atoms with Crippen LogP contribution in [-0.2, 0) is 6.54 Å². The predicted molar refractivity (Wildman–Crippen MR) is 165 cm³/mol. The molecular formula is C30H36ClN7O2S. The largest absolute Gasteiger partial charge is 0.352 e. The molecule has 4 heterocycles. The number of pyridine rings is 1. The summed E-state index contributed by atoms with van der Waals surface area (Å²) >= 11 is 7.65. The number of aryl methyl sites for hydroxylation is 2. The number of carbonyl (C=O) groups is 2. The topological polar surface area (TPSA) is 106 Å². The molecule has 1 fully saturated rings. The molecule has 1 aliphatic heterocycles. The highest BCUT2D eigenvalue weighted by Gasteiger charge is 2.30. The number of hydrogen-bond acceptors (Lipinski definition) is 6. The van der Waals surface area contributed by atoms with Gasteiger partial charge in [0.25, 0.3) is 5.91 Å². The van der Waals surface area contributed by atoms with Crippen LogP contribution in [0.25, 0.3) is 11.0 Å². The Morgan fingerprint density at radius 2 is 1.98 bits per heavy atom. The van der Waals surface area contributed by atoms with E-state index in [4.69, 9.17) is 11.6 Å². The molecule has 1 aliphatic rings. The van der Waals surface area contributed by atoms with E-state index in [0.29, 0.717) is 41.5 Å². The zero-order valence-electron chi connectivity index (χ0n) is 23.6. The number of rotatable bonds is 9. The maximum absolute atomic E-state index is 13.5. The lowest BCUT2D eigenvalue weighted by atomic mass is 10.0. The minimum atomic E-state index is -0.147. The third kappa shape index (κ3) is 7.06. The lowest BCUT2D eigenvalue weighted by Crippen LogP contribution is -2.50. The Bertz CT molecular complexity index is 1440. The normalized spacial score (nSPS) is 15.1. The van der Waals surface area contributed by atoms with E-state index < -0.39 is 0 Å². The van der Waals surface area contributed by atoms with Crippen molar-refractivity contribution >= 4 is 51.9 Å². The quantitative estimate of drug-likeness (QED) is 0.207. The first-order chi connectivity index (χ1) is 19.8. The summed E-state index contributed by atoms with van der Waals surface area (Å²) < 4.78 is 0. The molecule has 41 heavy (non-hydrogen) atoms. The highest BCUT2D eigenvalue weighted by Crippen LogP contribution is 2.24. The number of para-hydroxylation sites is 2. The van der Waals surface area contributed by atoms with Crippen molar-refractivity contribution < 1.29 is 9.59 Å². The Balaban J connectivity index is 1.15. The summed E-state index contributed by atoms with van der Waals surface area (Å²) in [5, 5.41) is 10.6. The van der Waals surface area contributed by atoms with Gasteiger partial charge in [0.05, 0.1) is 22.3 Å². The third-order valence-electron chi connectivity index (χ3n) is 7.81. The number of piperidine rings is 1. The molecule has 3 N–H and O–H groups in total. The number of likely N-dealkylation sites (tertiary alicyclic amines) is 1. The molecule has 1 aromatic carbocycles. The number of H-pyrrole nitrogens is 1. The molecule has 11 heteroatoms. The third-order valence-corrected chi connectivity index (χ3v) is 8.74. The fraction of sp³-hybridized carbons (Fsp3) is 0.400. The number of amides is 3. The second-order valence-electron chi connectivity index (χ2n) is 10.7. The molecule has 3 amide bonds. The van der Waals surface area contributed by atoms with Crippen molar-refractivity contribution in [3.05, 3.63) is 74.7 Å². The fourth-order valence-corrected chi connectivity index (χ4v) is 6.51. The van der Waals surface area contributed by atoms with Crippen LogP contribution in [0.2, 0.25) is 5.15 Å². The fourth-order valence-electron chi connectivity index (χ4n) is 5.56. The summed E-state index contributed by atoms with van der Waals surface area (Å²) in [6, 6.07) is 11.8. The molecule has 4 aromatic rings.